The summed E-state index contributed by atoms with van der Waals surface area (Å²) in [5.74, 6) is 0.158. The zero-order valence-corrected chi connectivity index (χ0v) is 21.0. The molecule has 1 aromatic heterocycles. The lowest BCUT2D eigenvalue weighted by molar-refractivity contribution is 0.510. The number of nitriles is 1. The Labute approximate surface area is 205 Å². The van der Waals surface area contributed by atoms with E-state index in [0.29, 0.717) is 28.6 Å². The van der Waals surface area contributed by atoms with Crippen LogP contribution in [0.4, 0.5) is 5.69 Å². The van der Waals surface area contributed by atoms with Gasteiger partial charge in [-0.05, 0) is 54.1 Å². The molecular weight excluding hydrogens is 458 g/mol. The summed E-state index contributed by atoms with van der Waals surface area (Å²) in [6, 6.07) is 23.3. The Kier molecular flexibility index (Phi) is 6.51. The lowest BCUT2D eigenvalue weighted by Crippen LogP contribution is -2.28. The number of aryl methyl sites for hydroxylation is 1. The van der Waals surface area contributed by atoms with Crippen molar-refractivity contribution in [2.45, 2.75) is 32.2 Å². The topological polar surface area (TPSA) is 83.2 Å². The standard InChI is InChI=1S/C28H27N3O3S/c1-19(2)18-31-26(17-29)27(21-8-6-5-7-9-21)25-16-22(12-15-24(25)28(31)32)30(4)35(33,34)23-13-10-20(3)11-14-23/h5-16,19H,18H2,1-4H3. The molecular formula is C28H27N3O3S. The molecule has 0 bridgehead atoms. The summed E-state index contributed by atoms with van der Waals surface area (Å²) < 4.78 is 29.4. The van der Waals surface area contributed by atoms with E-state index in [4.69, 9.17) is 0 Å². The fourth-order valence-electron chi connectivity index (χ4n) is 4.19. The summed E-state index contributed by atoms with van der Waals surface area (Å²) in [5.41, 5.74) is 2.77. The third-order valence-electron chi connectivity index (χ3n) is 6.01. The van der Waals surface area contributed by atoms with E-state index in [0.717, 1.165) is 11.1 Å². The molecule has 0 N–H and O–H groups in total. The summed E-state index contributed by atoms with van der Waals surface area (Å²) >= 11 is 0. The molecule has 1 heterocycles. The van der Waals surface area contributed by atoms with Gasteiger partial charge in [-0.2, -0.15) is 5.26 Å². The number of anilines is 1. The van der Waals surface area contributed by atoms with E-state index in [-0.39, 0.29) is 22.1 Å². The van der Waals surface area contributed by atoms with Gasteiger partial charge in [0.1, 0.15) is 11.8 Å². The molecule has 0 atom stereocenters. The first-order chi connectivity index (χ1) is 16.6. The van der Waals surface area contributed by atoms with Gasteiger partial charge in [0.25, 0.3) is 15.6 Å². The van der Waals surface area contributed by atoms with Crippen molar-refractivity contribution < 1.29 is 8.42 Å². The first kappa shape index (κ1) is 24.2. The zero-order valence-electron chi connectivity index (χ0n) is 20.2. The Morgan fingerprint density at radius 1 is 0.971 bits per heavy atom. The highest BCUT2D eigenvalue weighted by molar-refractivity contribution is 7.92. The van der Waals surface area contributed by atoms with Gasteiger partial charge in [0, 0.05) is 24.5 Å². The highest BCUT2D eigenvalue weighted by Crippen LogP contribution is 2.34. The van der Waals surface area contributed by atoms with Crippen LogP contribution in [-0.2, 0) is 16.6 Å². The van der Waals surface area contributed by atoms with Crippen LogP contribution in [-0.4, -0.2) is 20.0 Å². The molecule has 178 valence electrons. The van der Waals surface area contributed by atoms with Crippen molar-refractivity contribution in [3.8, 4) is 17.2 Å². The maximum atomic E-state index is 13.4. The van der Waals surface area contributed by atoms with Gasteiger partial charge in [0.2, 0.25) is 0 Å². The van der Waals surface area contributed by atoms with Crippen LogP contribution in [0.3, 0.4) is 0 Å². The minimum Gasteiger partial charge on any atom is -0.298 e. The quantitative estimate of drug-likeness (QED) is 0.370. The van der Waals surface area contributed by atoms with Crippen LogP contribution in [0, 0.1) is 24.2 Å². The lowest BCUT2D eigenvalue weighted by atomic mass is 9.96. The van der Waals surface area contributed by atoms with Gasteiger partial charge in [0.15, 0.2) is 0 Å². The first-order valence-electron chi connectivity index (χ1n) is 11.4. The normalized spacial score (nSPS) is 11.5. The van der Waals surface area contributed by atoms with E-state index in [2.05, 4.69) is 6.07 Å². The van der Waals surface area contributed by atoms with Crippen molar-refractivity contribution >= 4 is 26.5 Å². The molecule has 4 aromatic rings. The number of rotatable bonds is 6. The van der Waals surface area contributed by atoms with Gasteiger partial charge in [-0.15, -0.1) is 0 Å². The highest BCUT2D eigenvalue weighted by atomic mass is 32.2. The number of fused-ring (bicyclic) bond motifs is 1. The fraction of sp³-hybridized carbons (Fsp3) is 0.214. The molecule has 0 saturated carbocycles. The van der Waals surface area contributed by atoms with Crippen molar-refractivity contribution in [3.63, 3.8) is 0 Å². The molecule has 0 spiro atoms. The van der Waals surface area contributed by atoms with E-state index in [1.165, 1.54) is 15.9 Å². The summed E-state index contributed by atoms with van der Waals surface area (Å²) in [7, 11) is -2.33. The molecule has 0 saturated heterocycles. The molecule has 6 nitrogen and oxygen atoms in total. The number of sulfonamides is 1. The van der Waals surface area contributed by atoms with Crippen LogP contribution in [0.5, 0.6) is 0 Å². The Morgan fingerprint density at radius 3 is 2.23 bits per heavy atom. The smallest absolute Gasteiger partial charge is 0.264 e. The van der Waals surface area contributed by atoms with E-state index in [1.807, 2.05) is 51.1 Å². The predicted octanol–water partition coefficient (Wildman–Crippen LogP) is 5.33. The van der Waals surface area contributed by atoms with E-state index >= 15 is 0 Å². The van der Waals surface area contributed by atoms with E-state index < -0.39 is 10.0 Å². The van der Waals surface area contributed by atoms with Crippen molar-refractivity contribution in [1.29, 1.82) is 5.26 Å². The molecule has 0 unspecified atom stereocenters. The second-order valence-electron chi connectivity index (χ2n) is 9.03. The molecule has 3 aromatic carbocycles. The lowest BCUT2D eigenvalue weighted by Gasteiger charge is -2.22. The van der Waals surface area contributed by atoms with Crippen LogP contribution in [0.15, 0.2) is 82.5 Å². The maximum Gasteiger partial charge on any atom is 0.264 e. The Balaban J connectivity index is 2.00. The Hall–Kier alpha value is -3.89. The highest BCUT2D eigenvalue weighted by Gasteiger charge is 2.24. The molecule has 0 aliphatic heterocycles. The summed E-state index contributed by atoms with van der Waals surface area (Å²) in [6.45, 7) is 6.29. The monoisotopic (exact) mass is 485 g/mol. The van der Waals surface area contributed by atoms with Crippen LogP contribution in [0.2, 0.25) is 0 Å². The number of hydrogen-bond donors (Lipinski definition) is 0. The van der Waals surface area contributed by atoms with Gasteiger partial charge in [-0.25, -0.2) is 8.42 Å². The van der Waals surface area contributed by atoms with Crippen LogP contribution < -0.4 is 9.86 Å². The Bertz CT molecular complexity index is 1600. The third kappa shape index (κ3) is 4.45. The van der Waals surface area contributed by atoms with Gasteiger partial charge >= 0.3 is 0 Å². The largest absolute Gasteiger partial charge is 0.298 e. The van der Waals surface area contributed by atoms with Crippen molar-refractivity contribution in [2.24, 2.45) is 5.92 Å². The molecule has 0 amide bonds. The summed E-state index contributed by atoms with van der Waals surface area (Å²) in [4.78, 5) is 13.6. The molecule has 0 aliphatic rings. The number of pyridine rings is 1. The van der Waals surface area contributed by atoms with Crippen molar-refractivity contribution in [3.05, 3.63) is 94.4 Å². The molecule has 7 heteroatoms. The maximum absolute atomic E-state index is 13.4. The van der Waals surface area contributed by atoms with Crippen LogP contribution in [0.25, 0.3) is 21.9 Å². The second-order valence-corrected chi connectivity index (χ2v) is 11.0. The van der Waals surface area contributed by atoms with Crippen molar-refractivity contribution in [2.75, 3.05) is 11.4 Å². The third-order valence-corrected chi connectivity index (χ3v) is 7.81. The van der Waals surface area contributed by atoms with Gasteiger partial charge in [-0.3, -0.25) is 13.7 Å². The van der Waals surface area contributed by atoms with E-state index in [9.17, 15) is 18.5 Å². The van der Waals surface area contributed by atoms with Gasteiger partial charge in [0.05, 0.1) is 10.6 Å². The number of nitrogens with zero attached hydrogens (tertiary/aromatic N) is 3. The molecule has 4 rings (SSSR count). The van der Waals surface area contributed by atoms with Crippen LogP contribution in [0.1, 0.15) is 25.1 Å². The van der Waals surface area contributed by atoms with Crippen molar-refractivity contribution in [1.82, 2.24) is 4.57 Å². The van der Waals surface area contributed by atoms with Crippen LogP contribution >= 0.6 is 0 Å². The predicted molar refractivity (Wildman–Crippen MR) is 140 cm³/mol. The number of aromatic nitrogens is 1. The summed E-state index contributed by atoms with van der Waals surface area (Å²) in [6.07, 6.45) is 0. The molecule has 0 radical (unpaired) electrons. The average Bonchev–Trinajstić information content (AvgIpc) is 2.85. The number of benzene rings is 3. The van der Waals surface area contributed by atoms with Gasteiger partial charge < -0.3 is 0 Å². The SMILES string of the molecule is Cc1ccc(S(=O)(=O)N(C)c2ccc3c(=O)n(CC(C)C)c(C#N)c(-c4ccccc4)c3c2)cc1. The number of hydrogen-bond acceptors (Lipinski definition) is 4. The molecule has 35 heavy (non-hydrogen) atoms. The summed E-state index contributed by atoms with van der Waals surface area (Å²) in [5, 5.41) is 11.1. The fourth-order valence-corrected chi connectivity index (χ4v) is 5.38. The molecule has 0 fully saturated rings. The zero-order chi connectivity index (χ0) is 25.3. The minimum atomic E-state index is -3.82. The average molecular weight is 486 g/mol. The first-order valence-corrected chi connectivity index (χ1v) is 12.8. The molecule has 0 aliphatic carbocycles. The minimum absolute atomic E-state index is 0.158. The second kappa shape index (κ2) is 9.40. The van der Waals surface area contributed by atoms with Gasteiger partial charge in [-0.1, -0.05) is 61.9 Å². The Morgan fingerprint density at radius 2 is 1.63 bits per heavy atom. The van der Waals surface area contributed by atoms with E-state index in [1.54, 1.807) is 42.5 Å².